The second-order valence-corrected chi connectivity index (χ2v) is 5.21. The van der Waals surface area contributed by atoms with Crippen molar-refractivity contribution in [3.8, 4) is 0 Å². The number of hydrogen-bond acceptors (Lipinski definition) is 2. The molecule has 1 fully saturated rings. The summed E-state index contributed by atoms with van der Waals surface area (Å²) in [4.78, 5) is 11.9. The van der Waals surface area contributed by atoms with Crippen LogP contribution in [0.2, 0.25) is 5.02 Å². The van der Waals surface area contributed by atoms with E-state index >= 15 is 0 Å². The standard InChI is InChI=1S/C13H16ClNO2/c1-9-6-10(2-3-11(9)14)12(17)15-7-13(8-16)4-5-13/h2-3,6,16H,4-5,7-8H2,1H3,(H,15,17). The lowest BCUT2D eigenvalue weighted by Crippen LogP contribution is -2.31. The van der Waals surface area contributed by atoms with E-state index in [9.17, 15) is 4.79 Å². The van der Waals surface area contributed by atoms with Crippen molar-refractivity contribution >= 4 is 17.5 Å². The van der Waals surface area contributed by atoms with E-state index in [2.05, 4.69) is 5.32 Å². The summed E-state index contributed by atoms with van der Waals surface area (Å²) in [5.41, 5.74) is 1.44. The van der Waals surface area contributed by atoms with Crippen LogP contribution < -0.4 is 5.32 Å². The third kappa shape index (κ3) is 2.79. The third-order valence-corrected chi connectivity index (χ3v) is 3.76. The summed E-state index contributed by atoms with van der Waals surface area (Å²) < 4.78 is 0. The number of amides is 1. The molecular weight excluding hydrogens is 238 g/mol. The second-order valence-electron chi connectivity index (χ2n) is 4.80. The summed E-state index contributed by atoms with van der Waals surface area (Å²) in [7, 11) is 0. The van der Waals surface area contributed by atoms with E-state index in [1.807, 2.05) is 6.92 Å². The number of nitrogens with one attached hydrogen (secondary N) is 1. The number of halogens is 1. The Labute approximate surface area is 106 Å². The van der Waals surface area contributed by atoms with Gasteiger partial charge in [0.15, 0.2) is 0 Å². The molecule has 0 heterocycles. The van der Waals surface area contributed by atoms with Gasteiger partial charge in [0.05, 0.1) is 6.61 Å². The first-order chi connectivity index (χ1) is 8.06. The summed E-state index contributed by atoms with van der Waals surface area (Å²) in [5, 5.41) is 12.7. The molecule has 0 spiro atoms. The van der Waals surface area contributed by atoms with E-state index < -0.39 is 0 Å². The molecule has 0 saturated heterocycles. The minimum Gasteiger partial charge on any atom is -0.396 e. The molecule has 1 aromatic rings. The molecule has 1 aliphatic carbocycles. The van der Waals surface area contributed by atoms with Gasteiger partial charge in [-0.2, -0.15) is 0 Å². The monoisotopic (exact) mass is 253 g/mol. The van der Waals surface area contributed by atoms with Crippen molar-refractivity contribution in [1.82, 2.24) is 5.32 Å². The van der Waals surface area contributed by atoms with Crippen molar-refractivity contribution in [1.29, 1.82) is 0 Å². The first-order valence-electron chi connectivity index (χ1n) is 5.72. The number of benzene rings is 1. The van der Waals surface area contributed by atoms with Gasteiger partial charge in [-0.15, -0.1) is 0 Å². The van der Waals surface area contributed by atoms with Crippen LogP contribution in [0.15, 0.2) is 18.2 Å². The Bertz CT molecular complexity index is 441. The van der Waals surface area contributed by atoms with Gasteiger partial charge in [0.2, 0.25) is 0 Å². The molecule has 0 unspecified atom stereocenters. The van der Waals surface area contributed by atoms with Crippen LogP contribution in [0.5, 0.6) is 0 Å². The maximum absolute atomic E-state index is 11.9. The van der Waals surface area contributed by atoms with Crippen LogP contribution in [0.25, 0.3) is 0 Å². The fraction of sp³-hybridized carbons (Fsp3) is 0.462. The van der Waals surface area contributed by atoms with Crippen molar-refractivity contribution in [2.75, 3.05) is 13.2 Å². The van der Waals surface area contributed by atoms with Gasteiger partial charge >= 0.3 is 0 Å². The summed E-state index contributed by atoms with van der Waals surface area (Å²) in [6.07, 6.45) is 1.98. The van der Waals surface area contributed by atoms with E-state index in [0.29, 0.717) is 17.1 Å². The first-order valence-corrected chi connectivity index (χ1v) is 6.09. The van der Waals surface area contributed by atoms with E-state index in [4.69, 9.17) is 16.7 Å². The molecule has 1 aromatic carbocycles. The number of rotatable bonds is 4. The van der Waals surface area contributed by atoms with E-state index in [0.717, 1.165) is 18.4 Å². The third-order valence-electron chi connectivity index (χ3n) is 3.34. The zero-order valence-electron chi connectivity index (χ0n) is 9.79. The highest BCUT2D eigenvalue weighted by Crippen LogP contribution is 2.44. The molecule has 2 rings (SSSR count). The molecular formula is C13H16ClNO2. The second kappa shape index (κ2) is 4.67. The predicted molar refractivity (Wildman–Crippen MR) is 67.3 cm³/mol. The molecule has 17 heavy (non-hydrogen) atoms. The molecule has 1 aliphatic rings. The highest BCUT2D eigenvalue weighted by atomic mass is 35.5. The summed E-state index contributed by atoms with van der Waals surface area (Å²) in [6.45, 7) is 2.56. The molecule has 0 aromatic heterocycles. The molecule has 1 amide bonds. The highest BCUT2D eigenvalue weighted by Gasteiger charge is 2.42. The smallest absolute Gasteiger partial charge is 0.251 e. The molecule has 1 saturated carbocycles. The number of carbonyl (C=O) groups is 1. The molecule has 0 aliphatic heterocycles. The zero-order valence-corrected chi connectivity index (χ0v) is 10.5. The Hall–Kier alpha value is -1.06. The number of aryl methyl sites for hydroxylation is 1. The van der Waals surface area contributed by atoms with Crippen LogP contribution in [-0.4, -0.2) is 24.2 Å². The number of carbonyl (C=O) groups excluding carboxylic acids is 1. The summed E-state index contributed by atoms with van der Waals surface area (Å²) >= 11 is 5.90. The molecule has 2 N–H and O–H groups in total. The van der Waals surface area contributed by atoms with Crippen molar-refractivity contribution in [2.24, 2.45) is 5.41 Å². The Morgan fingerprint density at radius 1 is 1.53 bits per heavy atom. The molecule has 0 bridgehead atoms. The van der Waals surface area contributed by atoms with Crippen molar-refractivity contribution in [3.05, 3.63) is 34.3 Å². The van der Waals surface area contributed by atoms with Gasteiger partial charge in [-0.3, -0.25) is 4.79 Å². The van der Waals surface area contributed by atoms with Gasteiger partial charge in [0.25, 0.3) is 5.91 Å². The number of hydrogen-bond donors (Lipinski definition) is 2. The Morgan fingerprint density at radius 2 is 2.24 bits per heavy atom. The molecule has 0 atom stereocenters. The molecule has 3 nitrogen and oxygen atoms in total. The molecule has 0 radical (unpaired) electrons. The van der Waals surface area contributed by atoms with Crippen molar-refractivity contribution in [2.45, 2.75) is 19.8 Å². The van der Waals surface area contributed by atoms with Crippen LogP contribution in [0, 0.1) is 12.3 Å². The summed E-state index contributed by atoms with van der Waals surface area (Å²) in [6, 6.07) is 5.21. The van der Waals surface area contributed by atoms with Crippen LogP contribution in [0.3, 0.4) is 0 Å². The first kappa shape index (κ1) is 12.4. The van der Waals surface area contributed by atoms with Gasteiger partial charge in [-0.05, 0) is 43.5 Å². The number of aliphatic hydroxyl groups is 1. The van der Waals surface area contributed by atoms with Crippen LogP contribution in [-0.2, 0) is 0 Å². The normalized spacial score (nSPS) is 16.6. The number of aliphatic hydroxyl groups excluding tert-OH is 1. The topological polar surface area (TPSA) is 49.3 Å². The van der Waals surface area contributed by atoms with E-state index in [-0.39, 0.29) is 17.9 Å². The average Bonchev–Trinajstić information content (AvgIpc) is 3.10. The van der Waals surface area contributed by atoms with E-state index in [1.54, 1.807) is 18.2 Å². The van der Waals surface area contributed by atoms with Gasteiger partial charge < -0.3 is 10.4 Å². The van der Waals surface area contributed by atoms with E-state index in [1.165, 1.54) is 0 Å². The van der Waals surface area contributed by atoms with Gasteiger partial charge in [-0.25, -0.2) is 0 Å². The Balaban J connectivity index is 1.97. The Morgan fingerprint density at radius 3 is 2.76 bits per heavy atom. The lowest BCUT2D eigenvalue weighted by atomic mass is 10.1. The fourth-order valence-electron chi connectivity index (χ4n) is 1.72. The van der Waals surface area contributed by atoms with Crippen LogP contribution >= 0.6 is 11.6 Å². The zero-order chi connectivity index (χ0) is 12.5. The van der Waals surface area contributed by atoms with Crippen molar-refractivity contribution < 1.29 is 9.90 Å². The minimum absolute atomic E-state index is 0.0584. The van der Waals surface area contributed by atoms with Crippen LogP contribution in [0.4, 0.5) is 0 Å². The highest BCUT2D eigenvalue weighted by molar-refractivity contribution is 6.31. The van der Waals surface area contributed by atoms with Gasteiger partial charge in [0.1, 0.15) is 0 Å². The van der Waals surface area contributed by atoms with Crippen molar-refractivity contribution in [3.63, 3.8) is 0 Å². The Kier molecular flexibility index (Phi) is 3.40. The summed E-state index contributed by atoms with van der Waals surface area (Å²) in [5.74, 6) is -0.107. The van der Waals surface area contributed by atoms with Gasteiger partial charge in [-0.1, -0.05) is 11.6 Å². The van der Waals surface area contributed by atoms with Gasteiger partial charge in [0, 0.05) is 22.5 Å². The lowest BCUT2D eigenvalue weighted by Gasteiger charge is -2.13. The largest absolute Gasteiger partial charge is 0.396 e. The molecule has 92 valence electrons. The van der Waals surface area contributed by atoms with Crippen LogP contribution in [0.1, 0.15) is 28.8 Å². The lowest BCUT2D eigenvalue weighted by molar-refractivity contribution is 0.0935. The SMILES string of the molecule is Cc1cc(C(=O)NCC2(CO)CC2)ccc1Cl. The average molecular weight is 254 g/mol. The minimum atomic E-state index is -0.107. The maximum Gasteiger partial charge on any atom is 0.251 e. The molecule has 4 heteroatoms. The quantitative estimate of drug-likeness (QED) is 0.864. The predicted octanol–water partition coefficient (Wildman–Crippen LogP) is 2.15. The fourth-order valence-corrected chi connectivity index (χ4v) is 1.84. The maximum atomic E-state index is 11.9.